The van der Waals surface area contributed by atoms with Gasteiger partial charge < -0.3 is 15.1 Å². The van der Waals surface area contributed by atoms with E-state index in [1.54, 1.807) is 0 Å². The van der Waals surface area contributed by atoms with E-state index < -0.39 is 5.97 Å². The number of aliphatic hydroxyl groups excluding tert-OH is 1. The van der Waals surface area contributed by atoms with Crippen LogP contribution in [0.15, 0.2) is 0 Å². The first-order valence-corrected chi connectivity index (χ1v) is 8.24. The van der Waals surface area contributed by atoms with Crippen molar-refractivity contribution in [3.63, 3.8) is 0 Å². The Balaban J connectivity index is 1.79. The summed E-state index contributed by atoms with van der Waals surface area (Å²) in [6, 6.07) is 0. The van der Waals surface area contributed by atoms with E-state index in [1.165, 1.54) is 0 Å². The summed E-state index contributed by atoms with van der Waals surface area (Å²) in [5.41, 5.74) is 0. The molecule has 1 amide bonds. The second-order valence-electron chi connectivity index (χ2n) is 6.60. The van der Waals surface area contributed by atoms with E-state index in [-0.39, 0.29) is 24.3 Å². The van der Waals surface area contributed by atoms with Crippen molar-refractivity contribution < 1.29 is 19.8 Å². The Hall–Kier alpha value is -1.10. The molecule has 1 saturated carbocycles. The molecule has 1 saturated heterocycles. The highest BCUT2D eigenvalue weighted by molar-refractivity contribution is 5.76. The third-order valence-electron chi connectivity index (χ3n) is 4.94. The summed E-state index contributed by atoms with van der Waals surface area (Å²) in [4.78, 5) is 24.9. The Morgan fingerprint density at radius 1 is 1.10 bits per heavy atom. The summed E-state index contributed by atoms with van der Waals surface area (Å²) >= 11 is 0. The van der Waals surface area contributed by atoms with Crippen molar-refractivity contribution in [1.29, 1.82) is 0 Å². The summed E-state index contributed by atoms with van der Waals surface area (Å²) < 4.78 is 0. The molecule has 21 heavy (non-hydrogen) atoms. The van der Waals surface area contributed by atoms with Gasteiger partial charge in [0.2, 0.25) is 5.91 Å². The van der Waals surface area contributed by atoms with E-state index >= 15 is 0 Å². The van der Waals surface area contributed by atoms with Crippen LogP contribution in [0.4, 0.5) is 0 Å². The first-order chi connectivity index (χ1) is 10.1. The van der Waals surface area contributed by atoms with Crippen LogP contribution in [-0.2, 0) is 9.59 Å². The number of piperidine rings is 1. The normalized spacial score (nSPS) is 30.1. The van der Waals surface area contributed by atoms with Crippen molar-refractivity contribution in [3.8, 4) is 0 Å². The molecule has 0 spiro atoms. The van der Waals surface area contributed by atoms with Crippen molar-refractivity contribution >= 4 is 11.9 Å². The fourth-order valence-corrected chi connectivity index (χ4v) is 3.63. The van der Waals surface area contributed by atoms with Gasteiger partial charge in [0.05, 0.1) is 6.10 Å². The highest BCUT2D eigenvalue weighted by Crippen LogP contribution is 2.29. The van der Waals surface area contributed by atoms with Crippen molar-refractivity contribution in [2.45, 2.75) is 63.9 Å². The topological polar surface area (TPSA) is 77.8 Å². The van der Waals surface area contributed by atoms with Crippen LogP contribution in [0, 0.1) is 11.8 Å². The number of aliphatic carboxylic acids is 1. The zero-order valence-corrected chi connectivity index (χ0v) is 12.7. The van der Waals surface area contributed by atoms with Gasteiger partial charge in [0.25, 0.3) is 0 Å². The largest absolute Gasteiger partial charge is 0.481 e. The maximum atomic E-state index is 12.4. The number of hydrogen-bond acceptors (Lipinski definition) is 3. The molecule has 2 fully saturated rings. The van der Waals surface area contributed by atoms with Gasteiger partial charge in [-0.3, -0.25) is 9.59 Å². The molecule has 0 aromatic carbocycles. The molecule has 5 nitrogen and oxygen atoms in total. The lowest BCUT2D eigenvalue weighted by Gasteiger charge is -2.35. The van der Waals surface area contributed by atoms with Gasteiger partial charge in [-0.25, -0.2) is 0 Å². The molecule has 1 aliphatic heterocycles. The van der Waals surface area contributed by atoms with Crippen LogP contribution in [0.3, 0.4) is 0 Å². The fourth-order valence-electron chi connectivity index (χ4n) is 3.63. The van der Waals surface area contributed by atoms with Gasteiger partial charge in [0.15, 0.2) is 0 Å². The van der Waals surface area contributed by atoms with Crippen LogP contribution in [0.2, 0.25) is 0 Å². The van der Waals surface area contributed by atoms with E-state index in [4.69, 9.17) is 5.11 Å². The first kappa shape index (κ1) is 16.3. The number of nitrogens with zero attached hydrogens (tertiary/aromatic N) is 1. The van der Waals surface area contributed by atoms with Crippen LogP contribution < -0.4 is 0 Å². The molecular weight excluding hydrogens is 270 g/mol. The minimum atomic E-state index is -0.760. The van der Waals surface area contributed by atoms with Crippen LogP contribution in [0.25, 0.3) is 0 Å². The lowest BCUT2D eigenvalue weighted by Crippen LogP contribution is -2.42. The molecule has 0 bridgehead atoms. The molecule has 0 aromatic heterocycles. The molecule has 0 radical (unpaired) electrons. The zero-order valence-electron chi connectivity index (χ0n) is 12.7. The van der Waals surface area contributed by atoms with E-state index in [0.717, 1.165) is 45.1 Å². The van der Waals surface area contributed by atoms with Crippen LogP contribution in [0.5, 0.6) is 0 Å². The molecule has 2 N–H and O–H groups in total. The Labute approximate surface area is 126 Å². The van der Waals surface area contributed by atoms with E-state index in [2.05, 4.69) is 0 Å². The number of carbonyl (C=O) groups excluding carboxylic acids is 1. The third kappa shape index (κ3) is 4.99. The fraction of sp³-hybridized carbons (Fsp3) is 0.875. The van der Waals surface area contributed by atoms with Gasteiger partial charge in [-0.15, -0.1) is 0 Å². The summed E-state index contributed by atoms with van der Waals surface area (Å²) in [6.07, 6.45) is 6.89. The lowest BCUT2D eigenvalue weighted by molar-refractivity contribution is -0.137. The quantitative estimate of drug-likeness (QED) is 0.814. The number of hydrogen-bond donors (Lipinski definition) is 2. The number of amides is 1. The summed E-state index contributed by atoms with van der Waals surface area (Å²) in [5, 5.41) is 18.7. The number of likely N-dealkylation sites (tertiary alicyclic amines) is 1. The molecule has 5 heteroatoms. The van der Waals surface area contributed by atoms with Crippen molar-refractivity contribution in [1.82, 2.24) is 4.90 Å². The number of rotatable bonds is 5. The van der Waals surface area contributed by atoms with Crippen LogP contribution in [-0.4, -0.2) is 46.2 Å². The molecule has 1 unspecified atom stereocenters. The second kappa shape index (κ2) is 7.78. The number of aliphatic hydroxyl groups is 1. The van der Waals surface area contributed by atoms with Gasteiger partial charge in [-0.1, -0.05) is 12.8 Å². The first-order valence-electron chi connectivity index (χ1n) is 8.24. The molecule has 0 aromatic rings. The minimum Gasteiger partial charge on any atom is -0.481 e. The SMILES string of the molecule is O=C(O)CCC1CCCN(C(=O)C[C@@H]2CCCC[C@H]2O)C1. The maximum Gasteiger partial charge on any atom is 0.303 e. The highest BCUT2D eigenvalue weighted by atomic mass is 16.4. The van der Waals surface area contributed by atoms with Crippen molar-refractivity contribution in [3.05, 3.63) is 0 Å². The standard InChI is InChI=1S/C16H27NO4/c18-14-6-2-1-5-13(14)10-15(19)17-9-3-4-12(11-17)7-8-16(20)21/h12-14,18H,1-11H2,(H,20,21)/t12?,13-,14+/m0/s1. The van der Waals surface area contributed by atoms with Crippen LogP contribution in [0.1, 0.15) is 57.8 Å². The lowest BCUT2D eigenvalue weighted by atomic mass is 9.83. The maximum absolute atomic E-state index is 12.4. The minimum absolute atomic E-state index is 0.116. The number of carboxylic acid groups (broad SMARTS) is 1. The van der Waals surface area contributed by atoms with Gasteiger partial charge in [-0.2, -0.15) is 0 Å². The average molecular weight is 297 g/mol. The Morgan fingerprint density at radius 3 is 2.57 bits per heavy atom. The molecule has 1 aliphatic carbocycles. The van der Waals surface area contributed by atoms with E-state index in [0.29, 0.717) is 25.3 Å². The Morgan fingerprint density at radius 2 is 1.86 bits per heavy atom. The molecule has 1 heterocycles. The molecule has 2 rings (SSSR count). The molecule has 2 aliphatic rings. The highest BCUT2D eigenvalue weighted by Gasteiger charge is 2.29. The van der Waals surface area contributed by atoms with E-state index in [9.17, 15) is 14.7 Å². The predicted molar refractivity (Wildman–Crippen MR) is 78.8 cm³/mol. The Kier molecular flexibility index (Phi) is 6.03. The van der Waals surface area contributed by atoms with Gasteiger partial charge >= 0.3 is 5.97 Å². The molecule has 120 valence electrons. The van der Waals surface area contributed by atoms with Gasteiger partial charge in [0.1, 0.15) is 0 Å². The third-order valence-corrected chi connectivity index (χ3v) is 4.94. The average Bonchev–Trinajstić information content (AvgIpc) is 2.48. The predicted octanol–water partition coefficient (Wildman–Crippen LogP) is 2.03. The van der Waals surface area contributed by atoms with Gasteiger partial charge in [-0.05, 0) is 43.9 Å². The van der Waals surface area contributed by atoms with Crippen molar-refractivity contribution in [2.24, 2.45) is 11.8 Å². The van der Waals surface area contributed by atoms with Crippen LogP contribution >= 0.6 is 0 Å². The monoisotopic (exact) mass is 297 g/mol. The summed E-state index contributed by atoms with van der Waals surface area (Å²) in [6.45, 7) is 1.47. The Bertz CT molecular complexity index is 371. The number of carbonyl (C=O) groups is 2. The second-order valence-corrected chi connectivity index (χ2v) is 6.60. The smallest absolute Gasteiger partial charge is 0.303 e. The number of carboxylic acids is 1. The van der Waals surface area contributed by atoms with E-state index in [1.807, 2.05) is 4.90 Å². The van der Waals surface area contributed by atoms with Gasteiger partial charge in [0, 0.05) is 25.9 Å². The van der Waals surface area contributed by atoms with Crippen molar-refractivity contribution in [2.75, 3.05) is 13.1 Å². The molecular formula is C16H27NO4. The molecule has 3 atom stereocenters. The summed E-state index contributed by atoms with van der Waals surface area (Å²) in [7, 11) is 0. The summed E-state index contributed by atoms with van der Waals surface area (Å²) in [5.74, 6) is -0.189. The zero-order chi connectivity index (χ0) is 15.2.